The molecule has 1 aromatic carbocycles. The summed E-state index contributed by atoms with van der Waals surface area (Å²) in [5, 5.41) is 0. The largest absolute Gasteiger partial charge is 0.496 e. The number of benzene rings is 1. The van der Waals surface area contributed by atoms with Crippen molar-refractivity contribution in [3.8, 4) is 11.5 Å². The molecule has 0 N–H and O–H groups in total. The predicted molar refractivity (Wildman–Crippen MR) is 135 cm³/mol. The minimum Gasteiger partial charge on any atom is -0.496 e. The number of unbranched alkanes of at least 4 members (excludes halogenated alkanes) is 9. The lowest BCUT2D eigenvalue weighted by atomic mass is 9.85. The van der Waals surface area contributed by atoms with Crippen LogP contribution in [0.2, 0.25) is 0 Å². The predicted octanol–water partition coefficient (Wildman–Crippen LogP) is 8.28. The van der Waals surface area contributed by atoms with Crippen LogP contribution in [0.25, 0.3) is 0 Å². The van der Waals surface area contributed by atoms with Gasteiger partial charge in [0.05, 0.1) is 14.2 Å². The van der Waals surface area contributed by atoms with Gasteiger partial charge in [0.1, 0.15) is 24.9 Å². The van der Waals surface area contributed by atoms with Gasteiger partial charge in [-0.3, -0.25) is 4.79 Å². The van der Waals surface area contributed by atoms with Crippen LogP contribution < -0.4 is 9.47 Å². The molecule has 5 heteroatoms. The SMILES string of the molecule is COc1cccc(OC)c1C(=O)[PH](=O)CCCCCCCCCCCCC1CCCCC1. The number of hydrogen-bond acceptors (Lipinski definition) is 4. The van der Waals surface area contributed by atoms with Gasteiger partial charge < -0.3 is 14.0 Å². The van der Waals surface area contributed by atoms with Crippen molar-refractivity contribution in [3.63, 3.8) is 0 Å². The van der Waals surface area contributed by atoms with Gasteiger partial charge in [-0.05, 0) is 24.5 Å². The van der Waals surface area contributed by atoms with Gasteiger partial charge in [-0.2, -0.15) is 0 Å². The van der Waals surface area contributed by atoms with Gasteiger partial charge in [-0.1, -0.05) is 102 Å². The second-order valence-electron chi connectivity index (χ2n) is 9.37. The number of hydrogen-bond donors (Lipinski definition) is 0. The topological polar surface area (TPSA) is 52.6 Å². The summed E-state index contributed by atoms with van der Waals surface area (Å²) < 4.78 is 23.1. The van der Waals surface area contributed by atoms with Crippen molar-refractivity contribution in [1.29, 1.82) is 0 Å². The molecule has 182 valence electrons. The van der Waals surface area contributed by atoms with E-state index in [1.807, 2.05) is 0 Å². The van der Waals surface area contributed by atoms with E-state index >= 15 is 0 Å². The summed E-state index contributed by atoms with van der Waals surface area (Å²) in [6.45, 7) is 0. The van der Waals surface area contributed by atoms with Crippen molar-refractivity contribution in [2.75, 3.05) is 20.4 Å². The Balaban J connectivity index is 1.48. The van der Waals surface area contributed by atoms with Gasteiger partial charge >= 0.3 is 0 Å². The van der Waals surface area contributed by atoms with E-state index in [-0.39, 0.29) is 5.52 Å². The molecule has 0 saturated heterocycles. The van der Waals surface area contributed by atoms with E-state index in [0.717, 1.165) is 18.8 Å². The first-order chi connectivity index (χ1) is 15.7. The molecule has 0 amide bonds. The highest BCUT2D eigenvalue weighted by molar-refractivity contribution is 7.64. The summed E-state index contributed by atoms with van der Waals surface area (Å²) in [6, 6.07) is 5.19. The van der Waals surface area contributed by atoms with Gasteiger partial charge in [0, 0.05) is 6.16 Å². The van der Waals surface area contributed by atoms with E-state index in [0.29, 0.717) is 23.2 Å². The summed E-state index contributed by atoms with van der Waals surface area (Å²) in [5.41, 5.74) is -0.00656. The molecule has 1 aliphatic carbocycles. The Hall–Kier alpha value is -1.28. The van der Waals surface area contributed by atoms with Crippen molar-refractivity contribution in [1.82, 2.24) is 0 Å². The van der Waals surface area contributed by atoms with E-state index in [2.05, 4.69) is 0 Å². The third-order valence-corrected chi connectivity index (χ3v) is 8.46. The maximum atomic E-state index is 12.7. The fourth-order valence-corrected chi connectivity index (χ4v) is 6.26. The van der Waals surface area contributed by atoms with Crippen LogP contribution >= 0.6 is 7.80 Å². The molecule has 1 fully saturated rings. The Bertz CT molecular complexity index is 660. The minimum atomic E-state index is -2.35. The van der Waals surface area contributed by atoms with E-state index in [1.54, 1.807) is 18.2 Å². The number of ether oxygens (including phenoxy) is 2. The maximum absolute atomic E-state index is 12.7. The van der Waals surface area contributed by atoms with E-state index in [9.17, 15) is 9.36 Å². The Kier molecular flexibility index (Phi) is 13.8. The van der Waals surface area contributed by atoms with Crippen molar-refractivity contribution < 1.29 is 18.8 Å². The molecule has 1 saturated carbocycles. The summed E-state index contributed by atoms with van der Waals surface area (Å²) in [7, 11) is 0.678. The van der Waals surface area contributed by atoms with E-state index in [1.165, 1.54) is 104 Å². The quantitative estimate of drug-likeness (QED) is 0.172. The fourth-order valence-electron chi connectivity index (χ4n) is 4.94. The lowest BCUT2D eigenvalue weighted by Gasteiger charge is -2.21. The summed E-state index contributed by atoms with van der Waals surface area (Å²) in [6.07, 6.45) is 21.9. The maximum Gasteiger partial charge on any atom is 0.225 e. The van der Waals surface area contributed by atoms with Crippen molar-refractivity contribution in [2.45, 2.75) is 103 Å². The Morgan fingerprint density at radius 1 is 0.812 bits per heavy atom. The molecule has 1 aromatic rings. The van der Waals surface area contributed by atoms with Gasteiger partial charge in [-0.15, -0.1) is 0 Å². The summed E-state index contributed by atoms with van der Waals surface area (Å²) >= 11 is 0. The molecule has 1 aliphatic rings. The van der Waals surface area contributed by atoms with E-state index in [4.69, 9.17) is 9.47 Å². The van der Waals surface area contributed by atoms with Gasteiger partial charge in [0.25, 0.3) is 0 Å². The molecule has 1 atom stereocenters. The summed E-state index contributed by atoms with van der Waals surface area (Å²) in [4.78, 5) is 12.7. The molecule has 0 bridgehead atoms. The zero-order valence-electron chi connectivity index (χ0n) is 20.5. The Morgan fingerprint density at radius 2 is 1.31 bits per heavy atom. The molecule has 1 unspecified atom stereocenters. The average molecular weight is 465 g/mol. The molecular weight excluding hydrogens is 419 g/mol. The third kappa shape index (κ3) is 9.69. The van der Waals surface area contributed by atoms with Crippen LogP contribution in [-0.2, 0) is 4.57 Å². The first-order valence-electron chi connectivity index (χ1n) is 13.0. The molecular formula is C27H45O4P. The van der Waals surface area contributed by atoms with Crippen LogP contribution in [0, 0.1) is 5.92 Å². The van der Waals surface area contributed by atoms with Crippen molar-refractivity contribution in [3.05, 3.63) is 23.8 Å². The highest BCUT2D eigenvalue weighted by Crippen LogP contribution is 2.38. The van der Waals surface area contributed by atoms with Gasteiger partial charge in [0.2, 0.25) is 5.52 Å². The molecule has 0 aromatic heterocycles. The zero-order chi connectivity index (χ0) is 23.0. The molecule has 0 heterocycles. The minimum absolute atomic E-state index is 0.320. The number of methoxy groups -OCH3 is 2. The highest BCUT2D eigenvalue weighted by atomic mass is 31.1. The molecule has 32 heavy (non-hydrogen) atoms. The van der Waals surface area contributed by atoms with Crippen LogP contribution in [0.1, 0.15) is 113 Å². The molecule has 0 spiro atoms. The third-order valence-electron chi connectivity index (χ3n) is 6.90. The average Bonchev–Trinajstić information content (AvgIpc) is 2.84. The van der Waals surface area contributed by atoms with Gasteiger partial charge in [0.15, 0.2) is 0 Å². The second-order valence-corrected chi connectivity index (χ2v) is 11.2. The van der Waals surface area contributed by atoms with Crippen molar-refractivity contribution in [2.24, 2.45) is 5.92 Å². The van der Waals surface area contributed by atoms with Gasteiger partial charge in [-0.25, -0.2) is 0 Å². The monoisotopic (exact) mass is 464 g/mol. The molecule has 4 nitrogen and oxygen atoms in total. The van der Waals surface area contributed by atoms with Crippen LogP contribution in [0.5, 0.6) is 11.5 Å². The first-order valence-corrected chi connectivity index (χ1v) is 14.6. The number of carbonyl (C=O) groups is 1. The van der Waals surface area contributed by atoms with Crippen molar-refractivity contribution >= 4 is 13.3 Å². The number of carbonyl (C=O) groups excluding carboxylic acids is 1. The van der Waals surface area contributed by atoms with Crippen LogP contribution in [-0.4, -0.2) is 25.9 Å². The van der Waals surface area contributed by atoms with Crippen LogP contribution in [0.4, 0.5) is 0 Å². The van der Waals surface area contributed by atoms with Crippen LogP contribution in [0.15, 0.2) is 18.2 Å². The first kappa shape index (κ1) is 27.0. The summed E-state index contributed by atoms with van der Waals surface area (Å²) in [5.74, 6) is 1.90. The molecule has 2 rings (SSSR count). The second kappa shape index (κ2) is 16.4. The normalized spacial score (nSPS) is 15.4. The Labute approximate surface area is 196 Å². The lowest BCUT2D eigenvalue weighted by Crippen LogP contribution is -2.05. The lowest BCUT2D eigenvalue weighted by molar-refractivity contribution is 0.107. The Morgan fingerprint density at radius 3 is 1.84 bits per heavy atom. The zero-order valence-corrected chi connectivity index (χ0v) is 21.5. The van der Waals surface area contributed by atoms with E-state index < -0.39 is 7.80 Å². The molecule has 0 aliphatic heterocycles. The highest BCUT2D eigenvalue weighted by Gasteiger charge is 2.22. The number of rotatable bonds is 17. The standard InChI is InChI=1S/C27H45O4P/c1-30-24-20-16-21-25(31-2)26(24)27(28)32(29)22-15-10-8-6-4-3-5-7-9-12-17-23-18-13-11-14-19-23/h16,20-21,23,32H,3-15,17-19,22H2,1-2H3. The molecule has 0 radical (unpaired) electrons. The fraction of sp³-hybridized carbons (Fsp3) is 0.741. The van der Waals surface area contributed by atoms with Crippen LogP contribution in [0.3, 0.4) is 0 Å². The smallest absolute Gasteiger partial charge is 0.225 e.